The van der Waals surface area contributed by atoms with Crippen molar-refractivity contribution in [1.82, 2.24) is 19.6 Å². The lowest BCUT2D eigenvalue weighted by atomic mass is 10.0. The highest BCUT2D eigenvalue weighted by Crippen LogP contribution is 2.30. The number of aryl methyl sites for hydroxylation is 1. The Bertz CT molecular complexity index is 1170. The average Bonchev–Trinajstić information content (AvgIpc) is 3.13. The van der Waals surface area contributed by atoms with Crippen LogP contribution in [0.1, 0.15) is 38.9 Å². The molecule has 1 aliphatic rings. The summed E-state index contributed by atoms with van der Waals surface area (Å²) in [5.41, 5.74) is 4.08. The van der Waals surface area contributed by atoms with Crippen LogP contribution in [-0.2, 0) is 16.1 Å². The number of nitrogens with zero attached hydrogens (tertiary/aromatic N) is 4. The van der Waals surface area contributed by atoms with Gasteiger partial charge in [0.2, 0.25) is 0 Å². The van der Waals surface area contributed by atoms with Crippen molar-refractivity contribution < 1.29 is 14.3 Å². The van der Waals surface area contributed by atoms with Crippen LogP contribution in [0.25, 0.3) is 0 Å². The van der Waals surface area contributed by atoms with Crippen LogP contribution in [0.3, 0.4) is 0 Å². The topological polar surface area (TPSA) is 67.7 Å². The van der Waals surface area contributed by atoms with E-state index in [9.17, 15) is 9.59 Å². The number of halogens is 1. The maximum absolute atomic E-state index is 13.4. The number of hydrogen-bond acceptors (Lipinski definition) is 5. The van der Waals surface area contributed by atoms with E-state index < -0.39 is 6.04 Å². The first-order valence-electron chi connectivity index (χ1n) is 11.3. The van der Waals surface area contributed by atoms with E-state index >= 15 is 0 Å². The second-order valence-corrected chi connectivity index (χ2v) is 8.87. The third kappa shape index (κ3) is 4.86. The number of benzene rings is 2. The average molecular weight is 481 g/mol. The third-order valence-corrected chi connectivity index (χ3v) is 6.71. The van der Waals surface area contributed by atoms with Crippen LogP contribution >= 0.6 is 11.6 Å². The number of methoxy groups -OCH3 is 1. The lowest BCUT2D eigenvalue weighted by Gasteiger charge is -2.38. The quantitative estimate of drug-likeness (QED) is 0.501. The molecule has 0 aliphatic carbocycles. The monoisotopic (exact) mass is 480 g/mol. The summed E-state index contributed by atoms with van der Waals surface area (Å²) in [6, 6.07) is 16.8. The second-order valence-electron chi connectivity index (χ2n) is 8.46. The van der Waals surface area contributed by atoms with E-state index in [2.05, 4.69) is 5.10 Å². The molecule has 1 atom stereocenters. The molecule has 8 heteroatoms. The maximum Gasteiger partial charge on any atom is 0.327 e. The number of rotatable bonds is 6. The van der Waals surface area contributed by atoms with Crippen LogP contribution < -0.4 is 0 Å². The molecule has 4 rings (SSSR count). The number of piperazine rings is 1. The molecule has 0 spiro atoms. The van der Waals surface area contributed by atoms with Crippen molar-refractivity contribution in [3.8, 4) is 0 Å². The Morgan fingerprint density at radius 1 is 1.00 bits per heavy atom. The van der Waals surface area contributed by atoms with Gasteiger partial charge in [0.25, 0.3) is 5.91 Å². The summed E-state index contributed by atoms with van der Waals surface area (Å²) < 4.78 is 6.96. The van der Waals surface area contributed by atoms with Crippen LogP contribution in [0, 0.1) is 13.8 Å². The Labute approximate surface area is 204 Å². The molecular formula is C26H29ClN4O3. The fourth-order valence-electron chi connectivity index (χ4n) is 4.54. The van der Waals surface area contributed by atoms with Crippen LogP contribution in [0.4, 0.5) is 0 Å². The molecule has 3 aromatic rings. The first-order valence-corrected chi connectivity index (χ1v) is 11.7. The van der Waals surface area contributed by atoms with Crippen LogP contribution in [-0.4, -0.2) is 64.7 Å². The van der Waals surface area contributed by atoms with E-state index in [0.717, 1.165) is 17.0 Å². The fraction of sp³-hybridized carbons (Fsp3) is 0.346. The van der Waals surface area contributed by atoms with E-state index in [0.29, 0.717) is 48.9 Å². The highest BCUT2D eigenvalue weighted by atomic mass is 35.5. The summed E-state index contributed by atoms with van der Waals surface area (Å²) in [5.74, 6) is -0.386. The summed E-state index contributed by atoms with van der Waals surface area (Å²) in [5, 5.41) is 5.15. The predicted molar refractivity (Wildman–Crippen MR) is 131 cm³/mol. The lowest BCUT2D eigenvalue weighted by molar-refractivity contribution is -0.148. The van der Waals surface area contributed by atoms with Gasteiger partial charge in [0.05, 0.1) is 24.9 Å². The Morgan fingerprint density at radius 2 is 1.65 bits per heavy atom. The third-order valence-electron chi connectivity index (χ3n) is 6.36. The Morgan fingerprint density at radius 3 is 2.29 bits per heavy atom. The van der Waals surface area contributed by atoms with Gasteiger partial charge in [-0.3, -0.25) is 14.4 Å². The molecule has 0 radical (unpaired) electrons. The summed E-state index contributed by atoms with van der Waals surface area (Å²) in [7, 11) is 1.38. The SMILES string of the molecule is COC(=O)C(c1ccccc1Cl)N1CCN(C(=O)c2c(C)nn(Cc3ccccc3)c2C)CC1. The molecule has 0 saturated carbocycles. The van der Waals surface area contributed by atoms with Crippen molar-refractivity contribution >= 4 is 23.5 Å². The lowest BCUT2D eigenvalue weighted by Crippen LogP contribution is -2.51. The van der Waals surface area contributed by atoms with Gasteiger partial charge in [-0.05, 0) is 31.0 Å². The smallest absolute Gasteiger partial charge is 0.327 e. The molecule has 0 bridgehead atoms. The van der Waals surface area contributed by atoms with Gasteiger partial charge in [-0.1, -0.05) is 60.1 Å². The van der Waals surface area contributed by atoms with Gasteiger partial charge in [0.1, 0.15) is 6.04 Å². The molecule has 2 heterocycles. The van der Waals surface area contributed by atoms with Crippen LogP contribution in [0.5, 0.6) is 0 Å². The van der Waals surface area contributed by atoms with Gasteiger partial charge in [-0.15, -0.1) is 0 Å². The number of ether oxygens (including phenoxy) is 1. The summed E-state index contributed by atoms with van der Waals surface area (Å²) in [6.45, 7) is 6.51. The molecule has 1 unspecified atom stereocenters. The zero-order valence-electron chi connectivity index (χ0n) is 19.7. The molecule has 0 N–H and O–H groups in total. The zero-order chi connectivity index (χ0) is 24.2. The molecule has 2 aromatic carbocycles. The highest BCUT2D eigenvalue weighted by molar-refractivity contribution is 6.31. The minimum atomic E-state index is -0.604. The minimum absolute atomic E-state index is 0.0266. The number of carbonyl (C=O) groups excluding carboxylic acids is 2. The normalized spacial score (nSPS) is 15.2. The molecule has 1 saturated heterocycles. The van der Waals surface area contributed by atoms with Gasteiger partial charge in [-0.2, -0.15) is 5.10 Å². The first kappa shape index (κ1) is 24.0. The van der Waals surface area contributed by atoms with Crippen molar-refractivity contribution in [3.05, 3.63) is 87.7 Å². The zero-order valence-corrected chi connectivity index (χ0v) is 20.5. The van der Waals surface area contributed by atoms with E-state index in [1.54, 1.807) is 6.07 Å². The maximum atomic E-state index is 13.4. The van der Waals surface area contributed by atoms with Gasteiger partial charge < -0.3 is 9.64 Å². The number of esters is 1. The molecule has 1 amide bonds. The predicted octanol–water partition coefficient (Wildman–Crippen LogP) is 3.87. The molecule has 178 valence electrons. The molecule has 7 nitrogen and oxygen atoms in total. The largest absolute Gasteiger partial charge is 0.468 e. The second kappa shape index (κ2) is 10.4. The van der Waals surface area contributed by atoms with Crippen LogP contribution in [0.15, 0.2) is 54.6 Å². The van der Waals surface area contributed by atoms with Gasteiger partial charge in [-0.25, -0.2) is 4.79 Å². The van der Waals surface area contributed by atoms with E-state index in [1.807, 2.05) is 76.9 Å². The van der Waals surface area contributed by atoms with Crippen molar-refractivity contribution in [3.63, 3.8) is 0 Å². The van der Waals surface area contributed by atoms with E-state index in [1.165, 1.54) is 7.11 Å². The van der Waals surface area contributed by atoms with Crippen molar-refractivity contribution in [2.45, 2.75) is 26.4 Å². The molecular weight excluding hydrogens is 452 g/mol. The number of carbonyl (C=O) groups is 2. The van der Waals surface area contributed by atoms with Crippen molar-refractivity contribution in [2.75, 3.05) is 33.3 Å². The van der Waals surface area contributed by atoms with Gasteiger partial charge in [0.15, 0.2) is 0 Å². The highest BCUT2D eigenvalue weighted by Gasteiger charge is 2.34. The number of amides is 1. The summed E-state index contributed by atoms with van der Waals surface area (Å²) in [6.07, 6.45) is 0. The number of aromatic nitrogens is 2. The Kier molecular flexibility index (Phi) is 7.34. The molecule has 1 fully saturated rings. The Balaban J connectivity index is 1.48. The molecule has 34 heavy (non-hydrogen) atoms. The summed E-state index contributed by atoms with van der Waals surface area (Å²) >= 11 is 6.39. The van der Waals surface area contributed by atoms with Gasteiger partial charge in [0, 0.05) is 36.9 Å². The van der Waals surface area contributed by atoms with Crippen molar-refractivity contribution in [2.24, 2.45) is 0 Å². The van der Waals surface area contributed by atoms with E-state index in [4.69, 9.17) is 16.3 Å². The first-order chi connectivity index (χ1) is 16.4. The number of hydrogen-bond donors (Lipinski definition) is 0. The standard InChI is InChI=1S/C26H29ClN4O3/c1-18-23(19(2)31(28-18)17-20-9-5-4-6-10-20)25(32)30-15-13-29(14-16-30)24(26(33)34-3)21-11-7-8-12-22(21)27/h4-12,24H,13-17H2,1-3H3. The molecule has 1 aliphatic heterocycles. The van der Waals surface area contributed by atoms with Gasteiger partial charge >= 0.3 is 5.97 Å². The van der Waals surface area contributed by atoms with Crippen molar-refractivity contribution in [1.29, 1.82) is 0 Å². The Hall–Kier alpha value is -3.16. The summed E-state index contributed by atoms with van der Waals surface area (Å²) in [4.78, 5) is 29.9. The molecule has 1 aromatic heterocycles. The van der Waals surface area contributed by atoms with E-state index in [-0.39, 0.29) is 11.9 Å². The van der Waals surface area contributed by atoms with Crippen LogP contribution in [0.2, 0.25) is 5.02 Å². The fourth-order valence-corrected chi connectivity index (χ4v) is 4.78. The minimum Gasteiger partial charge on any atom is -0.468 e.